The SMILES string of the molecule is CCC(N)c1cn(CC(O)c2ccccc2)nn1. The Kier molecular flexibility index (Phi) is 4.07. The molecule has 2 atom stereocenters. The van der Waals surface area contributed by atoms with Crippen LogP contribution in [-0.4, -0.2) is 20.1 Å². The molecule has 3 N–H and O–H groups in total. The van der Waals surface area contributed by atoms with Crippen molar-refractivity contribution < 1.29 is 5.11 Å². The van der Waals surface area contributed by atoms with Crippen molar-refractivity contribution in [3.8, 4) is 0 Å². The van der Waals surface area contributed by atoms with E-state index in [2.05, 4.69) is 10.3 Å². The maximum atomic E-state index is 10.1. The third-order valence-corrected chi connectivity index (χ3v) is 2.92. The summed E-state index contributed by atoms with van der Waals surface area (Å²) < 4.78 is 1.63. The van der Waals surface area contributed by atoms with Gasteiger partial charge in [0.25, 0.3) is 0 Å². The molecule has 5 heteroatoms. The summed E-state index contributed by atoms with van der Waals surface area (Å²) in [5.74, 6) is 0. The zero-order valence-corrected chi connectivity index (χ0v) is 10.4. The zero-order chi connectivity index (χ0) is 13.0. The van der Waals surface area contributed by atoms with Gasteiger partial charge in [-0.15, -0.1) is 5.10 Å². The van der Waals surface area contributed by atoms with Gasteiger partial charge in [-0.25, -0.2) is 4.68 Å². The highest BCUT2D eigenvalue weighted by Gasteiger charge is 2.12. The van der Waals surface area contributed by atoms with Gasteiger partial charge in [0.05, 0.1) is 30.6 Å². The molecule has 0 radical (unpaired) electrons. The summed E-state index contributed by atoms with van der Waals surface area (Å²) in [6.07, 6.45) is 2.03. The van der Waals surface area contributed by atoms with Crippen LogP contribution in [0.4, 0.5) is 0 Å². The van der Waals surface area contributed by atoms with Crippen molar-refractivity contribution in [2.45, 2.75) is 32.0 Å². The minimum atomic E-state index is -0.585. The van der Waals surface area contributed by atoms with Crippen LogP contribution in [-0.2, 0) is 6.54 Å². The van der Waals surface area contributed by atoms with Crippen molar-refractivity contribution in [1.29, 1.82) is 0 Å². The second-order valence-electron chi connectivity index (χ2n) is 4.31. The van der Waals surface area contributed by atoms with E-state index in [9.17, 15) is 5.11 Å². The third kappa shape index (κ3) is 2.94. The van der Waals surface area contributed by atoms with Crippen LogP contribution < -0.4 is 5.73 Å². The molecule has 1 aromatic carbocycles. The molecule has 2 aromatic rings. The number of aliphatic hydroxyl groups excluding tert-OH is 1. The number of nitrogens with two attached hydrogens (primary N) is 1. The van der Waals surface area contributed by atoms with Gasteiger partial charge in [-0.3, -0.25) is 0 Å². The summed E-state index contributed by atoms with van der Waals surface area (Å²) >= 11 is 0. The van der Waals surface area contributed by atoms with Crippen LogP contribution >= 0.6 is 0 Å². The van der Waals surface area contributed by atoms with Crippen molar-refractivity contribution in [2.75, 3.05) is 0 Å². The van der Waals surface area contributed by atoms with Crippen LogP contribution in [0.25, 0.3) is 0 Å². The van der Waals surface area contributed by atoms with Gasteiger partial charge in [-0.2, -0.15) is 0 Å². The number of aliphatic hydroxyl groups is 1. The molecule has 1 aromatic heterocycles. The molecular formula is C13H18N4O. The lowest BCUT2D eigenvalue weighted by Crippen LogP contribution is -2.10. The maximum Gasteiger partial charge on any atom is 0.0994 e. The van der Waals surface area contributed by atoms with Gasteiger partial charge in [-0.05, 0) is 12.0 Å². The average Bonchev–Trinajstić information content (AvgIpc) is 2.87. The number of rotatable bonds is 5. The number of hydrogen-bond acceptors (Lipinski definition) is 4. The first-order valence-corrected chi connectivity index (χ1v) is 6.09. The molecule has 0 aliphatic heterocycles. The van der Waals surface area contributed by atoms with Crippen LogP contribution in [0, 0.1) is 0 Å². The van der Waals surface area contributed by atoms with Crippen molar-refractivity contribution in [2.24, 2.45) is 5.73 Å². The van der Waals surface area contributed by atoms with Crippen molar-refractivity contribution in [3.05, 3.63) is 47.8 Å². The number of benzene rings is 1. The normalized spacial score (nSPS) is 14.4. The van der Waals surface area contributed by atoms with E-state index in [1.165, 1.54) is 0 Å². The summed E-state index contributed by atoms with van der Waals surface area (Å²) in [5, 5.41) is 18.0. The molecule has 2 unspecified atom stereocenters. The largest absolute Gasteiger partial charge is 0.386 e. The highest BCUT2D eigenvalue weighted by molar-refractivity contribution is 5.17. The second kappa shape index (κ2) is 5.75. The summed E-state index contributed by atoms with van der Waals surface area (Å²) in [5.41, 5.74) is 7.50. The van der Waals surface area contributed by atoms with Gasteiger partial charge in [-0.1, -0.05) is 42.5 Å². The summed E-state index contributed by atoms with van der Waals surface area (Å²) in [6.45, 7) is 2.38. The summed E-state index contributed by atoms with van der Waals surface area (Å²) in [7, 11) is 0. The zero-order valence-electron chi connectivity index (χ0n) is 10.4. The van der Waals surface area contributed by atoms with E-state index in [1.54, 1.807) is 10.9 Å². The van der Waals surface area contributed by atoms with Crippen LogP contribution in [0.1, 0.15) is 36.7 Å². The molecule has 2 rings (SSSR count). The minimum absolute atomic E-state index is 0.0902. The highest BCUT2D eigenvalue weighted by atomic mass is 16.3. The van der Waals surface area contributed by atoms with Gasteiger partial charge in [0.2, 0.25) is 0 Å². The van der Waals surface area contributed by atoms with Gasteiger partial charge < -0.3 is 10.8 Å². The predicted octanol–water partition coefficient (Wildman–Crippen LogP) is 1.42. The van der Waals surface area contributed by atoms with Crippen LogP contribution in [0.2, 0.25) is 0 Å². The molecule has 0 spiro atoms. The van der Waals surface area contributed by atoms with Crippen molar-refractivity contribution >= 4 is 0 Å². The van der Waals surface area contributed by atoms with E-state index in [1.807, 2.05) is 37.3 Å². The molecular weight excluding hydrogens is 228 g/mol. The van der Waals surface area contributed by atoms with E-state index in [4.69, 9.17) is 5.73 Å². The third-order valence-electron chi connectivity index (χ3n) is 2.92. The number of aromatic nitrogens is 3. The molecule has 1 heterocycles. The molecule has 0 fully saturated rings. The molecule has 0 amide bonds. The van der Waals surface area contributed by atoms with Gasteiger partial charge in [0.15, 0.2) is 0 Å². The second-order valence-corrected chi connectivity index (χ2v) is 4.31. The van der Waals surface area contributed by atoms with Gasteiger partial charge in [0, 0.05) is 0 Å². The van der Waals surface area contributed by atoms with E-state index in [0.29, 0.717) is 6.54 Å². The summed E-state index contributed by atoms with van der Waals surface area (Å²) in [4.78, 5) is 0. The maximum absolute atomic E-state index is 10.1. The summed E-state index contributed by atoms with van der Waals surface area (Å²) in [6, 6.07) is 9.41. The molecule has 0 saturated heterocycles. The molecule has 0 aliphatic carbocycles. The molecule has 0 aliphatic rings. The molecule has 18 heavy (non-hydrogen) atoms. The fourth-order valence-corrected chi connectivity index (χ4v) is 1.74. The first kappa shape index (κ1) is 12.7. The first-order valence-electron chi connectivity index (χ1n) is 6.09. The fraction of sp³-hybridized carbons (Fsp3) is 0.385. The molecule has 5 nitrogen and oxygen atoms in total. The minimum Gasteiger partial charge on any atom is -0.386 e. The van der Waals surface area contributed by atoms with Crippen molar-refractivity contribution in [3.63, 3.8) is 0 Å². The Hall–Kier alpha value is -1.72. The predicted molar refractivity (Wildman–Crippen MR) is 68.6 cm³/mol. The van der Waals surface area contributed by atoms with Crippen LogP contribution in [0.3, 0.4) is 0 Å². The lowest BCUT2D eigenvalue weighted by Gasteiger charge is -2.10. The Morgan fingerprint density at radius 2 is 2.06 bits per heavy atom. The Morgan fingerprint density at radius 1 is 1.33 bits per heavy atom. The first-order chi connectivity index (χ1) is 8.70. The fourth-order valence-electron chi connectivity index (χ4n) is 1.74. The van der Waals surface area contributed by atoms with E-state index >= 15 is 0 Å². The lowest BCUT2D eigenvalue weighted by atomic mass is 10.1. The molecule has 0 saturated carbocycles. The molecule has 96 valence electrons. The van der Waals surface area contributed by atoms with E-state index in [-0.39, 0.29) is 6.04 Å². The van der Waals surface area contributed by atoms with E-state index < -0.39 is 6.10 Å². The van der Waals surface area contributed by atoms with Crippen LogP contribution in [0.15, 0.2) is 36.5 Å². The number of nitrogens with zero attached hydrogens (tertiary/aromatic N) is 3. The Labute approximate surface area is 106 Å². The lowest BCUT2D eigenvalue weighted by molar-refractivity contribution is 0.150. The topological polar surface area (TPSA) is 77.0 Å². The van der Waals surface area contributed by atoms with Crippen LogP contribution in [0.5, 0.6) is 0 Å². The smallest absolute Gasteiger partial charge is 0.0994 e. The van der Waals surface area contributed by atoms with Gasteiger partial charge in [0.1, 0.15) is 0 Å². The monoisotopic (exact) mass is 246 g/mol. The molecule has 0 bridgehead atoms. The Morgan fingerprint density at radius 3 is 2.72 bits per heavy atom. The average molecular weight is 246 g/mol. The number of hydrogen-bond donors (Lipinski definition) is 2. The highest BCUT2D eigenvalue weighted by Crippen LogP contribution is 2.15. The Balaban J connectivity index is 2.03. The van der Waals surface area contributed by atoms with Gasteiger partial charge >= 0.3 is 0 Å². The standard InChI is InChI=1S/C13H18N4O/c1-2-11(14)12-8-17(16-15-12)9-13(18)10-6-4-3-5-7-10/h3-8,11,13,18H,2,9,14H2,1H3. The quantitative estimate of drug-likeness (QED) is 0.836. The van der Waals surface area contributed by atoms with E-state index in [0.717, 1.165) is 17.7 Å². The Bertz CT molecular complexity index is 483. The van der Waals surface area contributed by atoms with Crippen molar-refractivity contribution in [1.82, 2.24) is 15.0 Å².